The van der Waals surface area contributed by atoms with Crippen LogP contribution in [0.3, 0.4) is 0 Å². The summed E-state index contributed by atoms with van der Waals surface area (Å²) >= 11 is 0. The molecule has 1 aliphatic carbocycles. The number of rotatable bonds is 5. The van der Waals surface area contributed by atoms with E-state index in [0.29, 0.717) is 23.6 Å². The summed E-state index contributed by atoms with van der Waals surface area (Å²) < 4.78 is 16.2. The first-order valence-electron chi connectivity index (χ1n) is 10.4. The van der Waals surface area contributed by atoms with Crippen LogP contribution in [0.15, 0.2) is 42.5 Å². The molecular formula is C24H22N2O5. The fourth-order valence-corrected chi connectivity index (χ4v) is 4.10. The molecule has 0 saturated heterocycles. The van der Waals surface area contributed by atoms with E-state index in [1.54, 1.807) is 6.92 Å². The molecule has 31 heavy (non-hydrogen) atoms. The van der Waals surface area contributed by atoms with Gasteiger partial charge >= 0.3 is 5.97 Å². The molecule has 7 nitrogen and oxygen atoms in total. The normalized spacial score (nSPS) is 14.9. The molecule has 2 heterocycles. The standard InChI is InChI=1S/C24H22N2O5/c1-14(23(27)25-12-15-9-10-20-21(11-15)30-13-29-20)31-24(28)22-16-5-2-3-7-18(16)26-19-8-4-6-17(19)22/h2-3,5,7,9-11,14H,4,6,8,12-13H2,1H3,(H,25,27). The van der Waals surface area contributed by atoms with Crippen LogP contribution in [0.4, 0.5) is 0 Å². The number of nitrogens with one attached hydrogen (secondary N) is 1. The highest BCUT2D eigenvalue weighted by molar-refractivity contribution is 6.06. The molecule has 0 saturated carbocycles. The number of nitrogens with zero attached hydrogens (tertiary/aromatic N) is 1. The molecule has 1 aliphatic heterocycles. The summed E-state index contributed by atoms with van der Waals surface area (Å²) in [5, 5.41) is 3.58. The lowest BCUT2D eigenvalue weighted by molar-refractivity contribution is -0.129. The third kappa shape index (κ3) is 3.67. The topological polar surface area (TPSA) is 86.8 Å². The smallest absolute Gasteiger partial charge is 0.339 e. The Hall–Kier alpha value is -3.61. The van der Waals surface area contributed by atoms with Gasteiger partial charge in [0.05, 0.1) is 11.1 Å². The molecule has 1 unspecified atom stereocenters. The Balaban J connectivity index is 1.29. The maximum atomic E-state index is 13.1. The van der Waals surface area contributed by atoms with Gasteiger partial charge in [-0.05, 0) is 55.5 Å². The van der Waals surface area contributed by atoms with E-state index in [1.807, 2.05) is 42.5 Å². The SMILES string of the molecule is CC(OC(=O)c1c2c(nc3ccccc13)CCC2)C(=O)NCc1ccc2c(c1)OCO2. The minimum atomic E-state index is -0.925. The Morgan fingerprint density at radius 1 is 1.13 bits per heavy atom. The molecule has 1 aromatic heterocycles. The quantitative estimate of drug-likeness (QED) is 0.640. The number of fused-ring (bicyclic) bond motifs is 3. The number of ether oxygens (including phenoxy) is 3. The van der Waals surface area contributed by atoms with Crippen molar-refractivity contribution in [2.45, 2.75) is 38.8 Å². The Morgan fingerprint density at radius 3 is 2.87 bits per heavy atom. The van der Waals surface area contributed by atoms with Crippen molar-refractivity contribution in [3.8, 4) is 11.5 Å². The van der Waals surface area contributed by atoms with Gasteiger partial charge in [-0.15, -0.1) is 0 Å². The maximum absolute atomic E-state index is 13.1. The zero-order chi connectivity index (χ0) is 21.4. The Labute approximate surface area is 179 Å². The minimum Gasteiger partial charge on any atom is -0.454 e. The third-order valence-corrected chi connectivity index (χ3v) is 5.68. The Morgan fingerprint density at radius 2 is 1.97 bits per heavy atom. The molecule has 0 bridgehead atoms. The molecule has 1 atom stereocenters. The maximum Gasteiger partial charge on any atom is 0.339 e. The van der Waals surface area contributed by atoms with Gasteiger partial charge in [-0.1, -0.05) is 24.3 Å². The molecule has 0 fully saturated rings. The van der Waals surface area contributed by atoms with Crippen LogP contribution >= 0.6 is 0 Å². The van der Waals surface area contributed by atoms with Crippen LogP contribution in [0.2, 0.25) is 0 Å². The zero-order valence-corrected chi connectivity index (χ0v) is 17.1. The van der Waals surface area contributed by atoms with Crippen molar-refractivity contribution in [1.29, 1.82) is 0 Å². The van der Waals surface area contributed by atoms with E-state index in [-0.39, 0.29) is 12.7 Å². The van der Waals surface area contributed by atoms with Crippen LogP contribution in [0, 0.1) is 0 Å². The Kier molecular flexibility index (Phi) is 4.94. The minimum absolute atomic E-state index is 0.200. The van der Waals surface area contributed by atoms with Gasteiger partial charge in [0.25, 0.3) is 5.91 Å². The van der Waals surface area contributed by atoms with E-state index in [9.17, 15) is 9.59 Å². The van der Waals surface area contributed by atoms with Crippen LogP contribution in [-0.2, 0) is 28.9 Å². The number of pyridine rings is 1. The molecule has 0 spiro atoms. The van der Waals surface area contributed by atoms with Gasteiger partial charge < -0.3 is 19.5 Å². The predicted molar refractivity (Wildman–Crippen MR) is 113 cm³/mol. The first kappa shape index (κ1) is 19.4. The summed E-state index contributed by atoms with van der Waals surface area (Å²) in [4.78, 5) is 30.3. The molecule has 1 amide bonds. The lowest BCUT2D eigenvalue weighted by Gasteiger charge is -2.16. The van der Waals surface area contributed by atoms with Crippen LogP contribution < -0.4 is 14.8 Å². The van der Waals surface area contributed by atoms with Gasteiger partial charge in [0, 0.05) is 17.6 Å². The number of hydrogen-bond acceptors (Lipinski definition) is 6. The van der Waals surface area contributed by atoms with Crippen molar-refractivity contribution in [3.63, 3.8) is 0 Å². The number of aromatic nitrogens is 1. The number of benzene rings is 2. The number of aryl methyl sites for hydroxylation is 1. The first-order valence-corrected chi connectivity index (χ1v) is 10.4. The second-order valence-electron chi connectivity index (χ2n) is 7.74. The highest BCUT2D eigenvalue weighted by Gasteiger charge is 2.27. The fourth-order valence-electron chi connectivity index (χ4n) is 4.10. The van der Waals surface area contributed by atoms with E-state index in [0.717, 1.165) is 47.0 Å². The molecule has 158 valence electrons. The van der Waals surface area contributed by atoms with Gasteiger partial charge in [-0.25, -0.2) is 4.79 Å². The lowest BCUT2D eigenvalue weighted by Crippen LogP contribution is -2.35. The van der Waals surface area contributed by atoms with Crippen LogP contribution in [0.5, 0.6) is 11.5 Å². The summed E-state index contributed by atoms with van der Waals surface area (Å²) in [6.07, 6.45) is 1.68. The van der Waals surface area contributed by atoms with Gasteiger partial charge in [-0.3, -0.25) is 9.78 Å². The van der Waals surface area contributed by atoms with E-state index in [2.05, 4.69) is 5.32 Å². The third-order valence-electron chi connectivity index (χ3n) is 5.68. The number of carbonyl (C=O) groups excluding carboxylic acids is 2. The monoisotopic (exact) mass is 418 g/mol. The van der Waals surface area contributed by atoms with Crippen LogP contribution in [0.1, 0.15) is 40.5 Å². The van der Waals surface area contributed by atoms with E-state index in [4.69, 9.17) is 19.2 Å². The van der Waals surface area contributed by atoms with E-state index >= 15 is 0 Å². The number of carbonyl (C=O) groups is 2. The highest BCUT2D eigenvalue weighted by Crippen LogP contribution is 2.33. The zero-order valence-electron chi connectivity index (χ0n) is 17.1. The van der Waals surface area contributed by atoms with Crippen LogP contribution in [-0.4, -0.2) is 29.8 Å². The van der Waals surface area contributed by atoms with Crippen molar-refractivity contribution in [1.82, 2.24) is 10.3 Å². The summed E-state index contributed by atoms with van der Waals surface area (Å²) in [7, 11) is 0. The summed E-state index contributed by atoms with van der Waals surface area (Å²) in [6, 6.07) is 13.0. The molecule has 5 rings (SSSR count). The molecule has 7 heteroatoms. The van der Waals surface area contributed by atoms with Crippen molar-refractivity contribution in [2.75, 3.05) is 6.79 Å². The van der Waals surface area contributed by atoms with E-state index < -0.39 is 12.1 Å². The van der Waals surface area contributed by atoms with E-state index in [1.165, 1.54) is 0 Å². The number of esters is 1. The Bertz CT molecular complexity index is 1190. The average molecular weight is 418 g/mol. The summed E-state index contributed by atoms with van der Waals surface area (Å²) in [6.45, 7) is 2.08. The lowest BCUT2D eigenvalue weighted by atomic mass is 10.0. The summed E-state index contributed by atoms with van der Waals surface area (Å²) in [5.41, 5.74) is 4.07. The largest absolute Gasteiger partial charge is 0.454 e. The van der Waals surface area contributed by atoms with Gasteiger partial charge in [-0.2, -0.15) is 0 Å². The molecule has 3 aromatic rings. The van der Waals surface area contributed by atoms with Crippen molar-refractivity contribution in [3.05, 3.63) is 64.8 Å². The number of hydrogen-bond donors (Lipinski definition) is 1. The second kappa shape index (κ2) is 7.91. The van der Waals surface area contributed by atoms with Crippen molar-refractivity contribution in [2.24, 2.45) is 0 Å². The average Bonchev–Trinajstić information content (AvgIpc) is 3.44. The predicted octanol–water partition coefficient (Wildman–Crippen LogP) is 3.31. The van der Waals surface area contributed by atoms with Crippen LogP contribution in [0.25, 0.3) is 10.9 Å². The number of amides is 1. The molecule has 0 radical (unpaired) electrons. The molecule has 2 aliphatic rings. The molecule has 1 N–H and O–H groups in total. The second-order valence-corrected chi connectivity index (χ2v) is 7.74. The van der Waals surface area contributed by atoms with Gasteiger partial charge in [0.1, 0.15) is 0 Å². The van der Waals surface area contributed by atoms with Crippen molar-refractivity contribution < 1.29 is 23.8 Å². The number of para-hydroxylation sites is 1. The summed E-state index contributed by atoms with van der Waals surface area (Å²) in [5.74, 6) is 0.502. The van der Waals surface area contributed by atoms with Gasteiger partial charge in [0.2, 0.25) is 6.79 Å². The van der Waals surface area contributed by atoms with Crippen molar-refractivity contribution >= 4 is 22.8 Å². The molecular weight excluding hydrogens is 396 g/mol. The highest BCUT2D eigenvalue weighted by atomic mass is 16.7. The molecule has 2 aromatic carbocycles. The van der Waals surface area contributed by atoms with Gasteiger partial charge in [0.15, 0.2) is 17.6 Å². The first-order chi connectivity index (χ1) is 15.1. The fraction of sp³-hybridized carbons (Fsp3) is 0.292.